The maximum atomic E-state index is 5.34. The molecule has 2 N–H and O–H groups in total. The molecule has 0 atom stereocenters. The van der Waals surface area contributed by atoms with Crippen LogP contribution in [0, 0.1) is 6.92 Å². The van der Waals surface area contributed by atoms with Gasteiger partial charge in [-0.3, -0.25) is 0 Å². The number of likely N-dealkylation sites (N-methyl/N-ethyl adjacent to an activating group) is 1. The standard InChI is InChI=1S/C15H26N2O2/c1-11-7-13(18-5)14(19-6)8-12(11)9-17-10-15(2,3)16-4/h7-8,16-17H,9-10H2,1-6H3. The maximum Gasteiger partial charge on any atom is 0.161 e. The van der Waals surface area contributed by atoms with E-state index in [2.05, 4.69) is 31.4 Å². The number of benzene rings is 1. The first-order valence-corrected chi connectivity index (χ1v) is 6.54. The highest BCUT2D eigenvalue weighted by Gasteiger charge is 2.14. The quantitative estimate of drug-likeness (QED) is 0.793. The molecule has 0 radical (unpaired) electrons. The second kappa shape index (κ2) is 6.78. The van der Waals surface area contributed by atoms with Crippen LogP contribution in [0.1, 0.15) is 25.0 Å². The topological polar surface area (TPSA) is 42.5 Å². The number of nitrogens with one attached hydrogen (secondary N) is 2. The molecule has 0 amide bonds. The molecule has 0 unspecified atom stereocenters. The Morgan fingerprint density at radius 1 is 1.11 bits per heavy atom. The second-order valence-electron chi connectivity index (χ2n) is 5.37. The molecule has 0 saturated heterocycles. The predicted molar refractivity (Wildman–Crippen MR) is 79.1 cm³/mol. The van der Waals surface area contributed by atoms with Gasteiger partial charge in [-0.05, 0) is 51.1 Å². The van der Waals surface area contributed by atoms with Crippen LogP contribution in [0.4, 0.5) is 0 Å². The van der Waals surface area contributed by atoms with Gasteiger partial charge in [0.15, 0.2) is 11.5 Å². The Kier molecular flexibility index (Phi) is 5.63. The lowest BCUT2D eigenvalue weighted by atomic mass is 10.0. The number of ether oxygens (including phenoxy) is 2. The lowest BCUT2D eigenvalue weighted by Crippen LogP contribution is -2.45. The van der Waals surface area contributed by atoms with Gasteiger partial charge in [0.25, 0.3) is 0 Å². The first-order valence-electron chi connectivity index (χ1n) is 6.54. The molecule has 0 aliphatic heterocycles. The van der Waals surface area contributed by atoms with Crippen molar-refractivity contribution < 1.29 is 9.47 Å². The van der Waals surface area contributed by atoms with Crippen molar-refractivity contribution in [2.45, 2.75) is 32.9 Å². The van der Waals surface area contributed by atoms with E-state index in [0.29, 0.717) is 0 Å². The first-order chi connectivity index (χ1) is 8.93. The van der Waals surface area contributed by atoms with Crippen LogP contribution in [0.25, 0.3) is 0 Å². The smallest absolute Gasteiger partial charge is 0.161 e. The van der Waals surface area contributed by atoms with Crippen LogP contribution in [0.15, 0.2) is 12.1 Å². The van der Waals surface area contributed by atoms with Gasteiger partial charge >= 0.3 is 0 Å². The molecule has 0 bridgehead atoms. The fourth-order valence-corrected chi connectivity index (χ4v) is 1.81. The third-order valence-corrected chi connectivity index (χ3v) is 3.40. The Morgan fingerprint density at radius 3 is 2.21 bits per heavy atom. The van der Waals surface area contributed by atoms with Gasteiger partial charge in [0, 0.05) is 18.6 Å². The van der Waals surface area contributed by atoms with Gasteiger partial charge in [0.1, 0.15) is 0 Å². The van der Waals surface area contributed by atoms with Crippen molar-refractivity contribution in [3.63, 3.8) is 0 Å². The molecule has 0 aliphatic rings. The lowest BCUT2D eigenvalue weighted by molar-refractivity contribution is 0.353. The predicted octanol–water partition coefficient (Wildman–Crippen LogP) is 2.10. The number of hydrogen-bond donors (Lipinski definition) is 2. The van der Waals surface area contributed by atoms with Crippen LogP contribution in [-0.4, -0.2) is 33.4 Å². The van der Waals surface area contributed by atoms with Crippen LogP contribution in [0.3, 0.4) is 0 Å². The summed E-state index contributed by atoms with van der Waals surface area (Å²) in [5.41, 5.74) is 2.52. The average molecular weight is 266 g/mol. The fraction of sp³-hybridized carbons (Fsp3) is 0.600. The number of rotatable bonds is 7. The minimum atomic E-state index is 0.0878. The van der Waals surface area contributed by atoms with E-state index in [1.807, 2.05) is 19.2 Å². The molecule has 0 heterocycles. The van der Waals surface area contributed by atoms with Gasteiger partial charge in [-0.15, -0.1) is 0 Å². The van der Waals surface area contributed by atoms with Gasteiger partial charge in [0.2, 0.25) is 0 Å². The van der Waals surface area contributed by atoms with E-state index in [4.69, 9.17) is 9.47 Å². The van der Waals surface area contributed by atoms with Gasteiger partial charge in [-0.1, -0.05) is 0 Å². The molecular weight excluding hydrogens is 240 g/mol. The van der Waals surface area contributed by atoms with Crippen LogP contribution in [-0.2, 0) is 6.54 Å². The Bertz CT molecular complexity index is 417. The van der Waals surface area contributed by atoms with Crippen molar-refractivity contribution in [2.75, 3.05) is 27.8 Å². The first kappa shape index (κ1) is 15.8. The van der Waals surface area contributed by atoms with E-state index in [9.17, 15) is 0 Å². The Balaban J connectivity index is 2.73. The minimum Gasteiger partial charge on any atom is -0.493 e. The molecule has 4 heteroatoms. The number of methoxy groups -OCH3 is 2. The summed E-state index contributed by atoms with van der Waals surface area (Å²) in [5.74, 6) is 1.55. The summed E-state index contributed by atoms with van der Waals surface area (Å²) >= 11 is 0. The van der Waals surface area contributed by atoms with E-state index >= 15 is 0 Å². The molecule has 0 aliphatic carbocycles. The van der Waals surface area contributed by atoms with E-state index in [-0.39, 0.29) is 5.54 Å². The van der Waals surface area contributed by atoms with Crippen LogP contribution in [0.5, 0.6) is 11.5 Å². The van der Waals surface area contributed by atoms with Crippen LogP contribution >= 0.6 is 0 Å². The van der Waals surface area contributed by atoms with Crippen molar-refractivity contribution in [3.05, 3.63) is 23.3 Å². The van der Waals surface area contributed by atoms with Crippen molar-refractivity contribution in [1.29, 1.82) is 0 Å². The monoisotopic (exact) mass is 266 g/mol. The number of hydrogen-bond acceptors (Lipinski definition) is 4. The van der Waals surface area contributed by atoms with Gasteiger partial charge in [-0.25, -0.2) is 0 Å². The molecule has 0 spiro atoms. The summed E-state index contributed by atoms with van der Waals surface area (Å²) in [6, 6.07) is 4.05. The molecule has 108 valence electrons. The van der Waals surface area contributed by atoms with Crippen molar-refractivity contribution in [2.24, 2.45) is 0 Å². The summed E-state index contributed by atoms with van der Waals surface area (Å²) in [6.45, 7) is 8.14. The summed E-state index contributed by atoms with van der Waals surface area (Å²) in [4.78, 5) is 0. The van der Waals surface area contributed by atoms with Crippen LogP contribution in [0.2, 0.25) is 0 Å². The molecule has 0 aromatic heterocycles. The molecular formula is C15H26N2O2. The summed E-state index contributed by atoms with van der Waals surface area (Å²) in [5, 5.41) is 6.74. The van der Waals surface area contributed by atoms with E-state index in [1.54, 1.807) is 14.2 Å². The van der Waals surface area contributed by atoms with E-state index < -0.39 is 0 Å². The Morgan fingerprint density at radius 2 is 1.68 bits per heavy atom. The summed E-state index contributed by atoms with van der Waals surface area (Å²) in [7, 11) is 5.29. The van der Waals surface area contributed by atoms with Gasteiger partial charge in [-0.2, -0.15) is 0 Å². The summed E-state index contributed by atoms with van der Waals surface area (Å²) < 4.78 is 10.6. The highest BCUT2D eigenvalue weighted by Crippen LogP contribution is 2.30. The third-order valence-electron chi connectivity index (χ3n) is 3.40. The zero-order chi connectivity index (χ0) is 14.5. The van der Waals surface area contributed by atoms with Crippen LogP contribution < -0.4 is 20.1 Å². The van der Waals surface area contributed by atoms with Gasteiger partial charge < -0.3 is 20.1 Å². The van der Waals surface area contributed by atoms with E-state index in [0.717, 1.165) is 24.6 Å². The largest absolute Gasteiger partial charge is 0.493 e. The molecule has 0 fully saturated rings. The Hall–Kier alpha value is -1.26. The third kappa shape index (κ3) is 4.40. The molecule has 1 rings (SSSR count). The van der Waals surface area contributed by atoms with Crippen molar-refractivity contribution >= 4 is 0 Å². The minimum absolute atomic E-state index is 0.0878. The number of aryl methyl sites for hydroxylation is 1. The molecule has 0 saturated carbocycles. The average Bonchev–Trinajstić information content (AvgIpc) is 2.40. The van der Waals surface area contributed by atoms with Crippen molar-refractivity contribution in [3.8, 4) is 11.5 Å². The van der Waals surface area contributed by atoms with Gasteiger partial charge in [0.05, 0.1) is 14.2 Å². The lowest BCUT2D eigenvalue weighted by Gasteiger charge is -2.24. The molecule has 1 aromatic carbocycles. The summed E-state index contributed by atoms with van der Waals surface area (Å²) in [6.07, 6.45) is 0. The zero-order valence-corrected chi connectivity index (χ0v) is 12.9. The molecule has 4 nitrogen and oxygen atoms in total. The SMILES string of the molecule is CNC(C)(C)CNCc1cc(OC)c(OC)cc1C. The fourth-order valence-electron chi connectivity index (χ4n) is 1.81. The normalized spacial score (nSPS) is 11.5. The highest BCUT2D eigenvalue weighted by atomic mass is 16.5. The maximum absolute atomic E-state index is 5.34. The van der Waals surface area contributed by atoms with E-state index in [1.165, 1.54) is 11.1 Å². The highest BCUT2D eigenvalue weighted by molar-refractivity contribution is 5.46. The Labute approximate surface area is 116 Å². The van der Waals surface area contributed by atoms with Crippen molar-refractivity contribution in [1.82, 2.24) is 10.6 Å². The molecule has 1 aromatic rings. The zero-order valence-electron chi connectivity index (χ0n) is 12.9. The molecule has 19 heavy (non-hydrogen) atoms. The second-order valence-corrected chi connectivity index (χ2v) is 5.37.